The third-order valence-electron chi connectivity index (χ3n) is 4.40. The molecule has 94 valence electrons. The molecule has 2 rings (SSSR count). The zero-order valence-electron chi connectivity index (χ0n) is 10.9. The minimum atomic E-state index is -0.223. The summed E-state index contributed by atoms with van der Waals surface area (Å²) in [6.07, 6.45) is 7.12. The predicted octanol–water partition coefficient (Wildman–Crippen LogP) is 3.13. The van der Waals surface area contributed by atoms with E-state index in [9.17, 15) is 5.11 Å². The Hall–Kier alpha value is -0.0800. The van der Waals surface area contributed by atoms with E-state index in [0.29, 0.717) is 17.4 Å². The molecule has 2 aliphatic rings. The van der Waals surface area contributed by atoms with Gasteiger partial charge in [-0.3, -0.25) is 0 Å². The molecule has 3 unspecified atom stereocenters. The van der Waals surface area contributed by atoms with Crippen LogP contribution < -0.4 is 0 Å². The molecule has 0 bridgehead atoms. The summed E-state index contributed by atoms with van der Waals surface area (Å²) in [5, 5.41) is 10.00. The van der Waals surface area contributed by atoms with Crippen LogP contribution in [0, 0.1) is 11.3 Å². The van der Waals surface area contributed by atoms with Gasteiger partial charge in [-0.2, -0.15) is 0 Å². The van der Waals surface area contributed by atoms with E-state index in [1.807, 2.05) is 0 Å². The van der Waals surface area contributed by atoms with E-state index in [1.165, 1.54) is 19.3 Å². The molecule has 2 aliphatic carbocycles. The average Bonchev–Trinajstić information content (AvgIpc) is 2.11. The second kappa shape index (κ2) is 4.66. The Kier molecular flexibility index (Phi) is 3.60. The Morgan fingerprint density at radius 3 is 2.25 bits per heavy atom. The molecular formula is C14H26O2. The van der Waals surface area contributed by atoms with Gasteiger partial charge < -0.3 is 9.84 Å². The first-order valence-corrected chi connectivity index (χ1v) is 6.80. The topological polar surface area (TPSA) is 29.5 Å². The van der Waals surface area contributed by atoms with Crippen molar-refractivity contribution in [2.45, 2.75) is 77.6 Å². The largest absolute Gasteiger partial charge is 0.390 e. The van der Waals surface area contributed by atoms with Gasteiger partial charge in [-0.1, -0.05) is 20.8 Å². The Bertz CT molecular complexity index is 227. The SMILES string of the molecule is CC(C)(C)C1CCC(O)C(OC2CCC2)C1. The van der Waals surface area contributed by atoms with Gasteiger partial charge in [-0.25, -0.2) is 0 Å². The number of rotatable bonds is 2. The van der Waals surface area contributed by atoms with Crippen molar-refractivity contribution in [1.29, 1.82) is 0 Å². The highest BCUT2D eigenvalue weighted by molar-refractivity contribution is 4.87. The van der Waals surface area contributed by atoms with Crippen LogP contribution in [0.5, 0.6) is 0 Å². The average molecular weight is 226 g/mol. The fourth-order valence-corrected chi connectivity index (χ4v) is 2.80. The molecule has 0 aromatic carbocycles. The van der Waals surface area contributed by atoms with E-state index in [0.717, 1.165) is 19.3 Å². The summed E-state index contributed by atoms with van der Waals surface area (Å²) >= 11 is 0. The third-order valence-corrected chi connectivity index (χ3v) is 4.40. The number of hydrogen-bond donors (Lipinski definition) is 1. The Morgan fingerprint density at radius 2 is 1.75 bits per heavy atom. The lowest BCUT2D eigenvalue weighted by atomic mass is 9.71. The molecule has 2 nitrogen and oxygen atoms in total. The van der Waals surface area contributed by atoms with Crippen LogP contribution in [-0.4, -0.2) is 23.4 Å². The maximum atomic E-state index is 10.00. The molecule has 0 aromatic rings. The summed E-state index contributed by atoms with van der Waals surface area (Å²) in [5.74, 6) is 0.695. The normalized spacial score (nSPS) is 37.1. The van der Waals surface area contributed by atoms with Crippen LogP contribution in [0.2, 0.25) is 0 Å². The predicted molar refractivity (Wildman–Crippen MR) is 65.3 cm³/mol. The molecule has 0 amide bonds. The van der Waals surface area contributed by atoms with Crippen LogP contribution >= 0.6 is 0 Å². The molecule has 0 aliphatic heterocycles. The fraction of sp³-hybridized carbons (Fsp3) is 1.00. The van der Waals surface area contributed by atoms with Crippen LogP contribution in [0.4, 0.5) is 0 Å². The van der Waals surface area contributed by atoms with Gasteiger partial charge in [0.1, 0.15) is 0 Å². The molecule has 0 aromatic heterocycles. The van der Waals surface area contributed by atoms with Crippen molar-refractivity contribution in [3.05, 3.63) is 0 Å². The van der Waals surface area contributed by atoms with Gasteiger partial charge in [-0.05, 0) is 49.9 Å². The van der Waals surface area contributed by atoms with Crippen molar-refractivity contribution in [2.75, 3.05) is 0 Å². The minimum absolute atomic E-state index is 0.100. The third kappa shape index (κ3) is 2.78. The lowest BCUT2D eigenvalue weighted by Gasteiger charge is -2.42. The number of aliphatic hydroxyl groups excluding tert-OH is 1. The van der Waals surface area contributed by atoms with Crippen LogP contribution in [0.15, 0.2) is 0 Å². The van der Waals surface area contributed by atoms with Gasteiger partial charge in [0.05, 0.1) is 18.3 Å². The van der Waals surface area contributed by atoms with Gasteiger partial charge in [-0.15, -0.1) is 0 Å². The Balaban J connectivity index is 1.89. The van der Waals surface area contributed by atoms with Crippen molar-refractivity contribution in [3.63, 3.8) is 0 Å². The highest BCUT2D eigenvalue weighted by Gasteiger charge is 2.37. The summed E-state index contributed by atoms with van der Waals surface area (Å²) in [5.41, 5.74) is 0.349. The fourth-order valence-electron chi connectivity index (χ4n) is 2.80. The lowest BCUT2D eigenvalue weighted by molar-refractivity contribution is -0.132. The van der Waals surface area contributed by atoms with Crippen LogP contribution in [0.1, 0.15) is 59.3 Å². The molecule has 0 spiro atoms. The zero-order valence-corrected chi connectivity index (χ0v) is 10.9. The van der Waals surface area contributed by atoms with Crippen LogP contribution in [-0.2, 0) is 4.74 Å². The quantitative estimate of drug-likeness (QED) is 0.784. The Morgan fingerprint density at radius 1 is 1.06 bits per heavy atom. The smallest absolute Gasteiger partial charge is 0.0840 e. The summed E-state index contributed by atoms with van der Waals surface area (Å²) < 4.78 is 6.01. The van der Waals surface area contributed by atoms with Gasteiger partial charge >= 0.3 is 0 Å². The molecular weight excluding hydrogens is 200 g/mol. The van der Waals surface area contributed by atoms with Gasteiger partial charge in [0.15, 0.2) is 0 Å². The van der Waals surface area contributed by atoms with E-state index in [-0.39, 0.29) is 12.2 Å². The van der Waals surface area contributed by atoms with E-state index in [1.54, 1.807) is 0 Å². The number of hydrogen-bond acceptors (Lipinski definition) is 2. The van der Waals surface area contributed by atoms with Gasteiger partial charge in [0.25, 0.3) is 0 Å². The maximum Gasteiger partial charge on any atom is 0.0840 e. The summed E-state index contributed by atoms with van der Waals surface area (Å²) in [6, 6.07) is 0. The molecule has 2 fully saturated rings. The second-order valence-corrected chi connectivity index (χ2v) is 6.67. The zero-order chi connectivity index (χ0) is 11.8. The number of aliphatic hydroxyl groups is 1. The standard InChI is InChI=1S/C14H26O2/c1-14(2,3)10-7-8-12(15)13(9-10)16-11-5-4-6-11/h10-13,15H,4-9H2,1-3H3. The monoisotopic (exact) mass is 226 g/mol. The summed E-state index contributed by atoms with van der Waals surface area (Å²) in [6.45, 7) is 6.90. The number of ether oxygens (including phenoxy) is 1. The van der Waals surface area contributed by atoms with Crippen molar-refractivity contribution in [3.8, 4) is 0 Å². The highest BCUT2D eigenvalue weighted by Crippen LogP contribution is 2.40. The molecule has 3 atom stereocenters. The first-order valence-electron chi connectivity index (χ1n) is 6.80. The van der Waals surface area contributed by atoms with E-state index >= 15 is 0 Å². The van der Waals surface area contributed by atoms with Crippen molar-refractivity contribution in [1.82, 2.24) is 0 Å². The minimum Gasteiger partial charge on any atom is -0.390 e. The highest BCUT2D eigenvalue weighted by atomic mass is 16.5. The Labute approximate surface area is 99.4 Å². The van der Waals surface area contributed by atoms with Crippen LogP contribution in [0.25, 0.3) is 0 Å². The lowest BCUT2D eigenvalue weighted by Crippen LogP contribution is -2.42. The van der Waals surface area contributed by atoms with E-state index in [2.05, 4.69) is 20.8 Å². The van der Waals surface area contributed by atoms with Gasteiger partial charge in [0.2, 0.25) is 0 Å². The van der Waals surface area contributed by atoms with E-state index < -0.39 is 0 Å². The second-order valence-electron chi connectivity index (χ2n) is 6.67. The molecule has 1 N–H and O–H groups in total. The van der Waals surface area contributed by atoms with Gasteiger partial charge in [0, 0.05) is 0 Å². The first kappa shape index (κ1) is 12.4. The molecule has 0 radical (unpaired) electrons. The molecule has 0 heterocycles. The molecule has 2 saturated carbocycles. The van der Waals surface area contributed by atoms with E-state index in [4.69, 9.17) is 4.74 Å². The first-order chi connectivity index (χ1) is 7.47. The molecule has 0 saturated heterocycles. The molecule has 2 heteroatoms. The van der Waals surface area contributed by atoms with Crippen molar-refractivity contribution in [2.24, 2.45) is 11.3 Å². The molecule has 16 heavy (non-hydrogen) atoms. The summed E-state index contributed by atoms with van der Waals surface area (Å²) in [7, 11) is 0. The maximum absolute atomic E-state index is 10.00. The van der Waals surface area contributed by atoms with Crippen LogP contribution in [0.3, 0.4) is 0 Å². The summed E-state index contributed by atoms with van der Waals surface area (Å²) in [4.78, 5) is 0. The van der Waals surface area contributed by atoms with Crippen molar-refractivity contribution < 1.29 is 9.84 Å². The van der Waals surface area contributed by atoms with Crippen molar-refractivity contribution >= 4 is 0 Å².